The summed E-state index contributed by atoms with van der Waals surface area (Å²) in [7, 11) is 4.05. The Morgan fingerprint density at radius 3 is 2.58 bits per heavy atom. The fraction of sp³-hybridized carbons (Fsp3) is 0.478. The first-order chi connectivity index (χ1) is 15.4. The third-order valence-electron chi connectivity index (χ3n) is 5.32. The van der Waals surface area contributed by atoms with E-state index in [0.717, 1.165) is 42.6 Å². The second kappa shape index (κ2) is 13.2. The monoisotopic (exact) mass is 566 g/mol. The molecule has 2 heterocycles. The van der Waals surface area contributed by atoms with Gasteiger partial charge in [-0.25, -0.2) is 4.99 Å². The molecule has 0 spiro atoms. The van der Waals surface area contributed by atoms with Crippen molar-refractivity contribution in [2.24, 2.45) is 12.0 Å². The third kappa shape index (κ3) is 8.02. The van der Waals surface area contributed by atoms with Gasteiger partial charge in [-0.15, -0.1) is 34.2 Å². The summed E-state index contributed by atoms with van der Waals surface area (Å²) in [5.74, 6) is 3.50. The number of nitrogens with zero attached hydrogens (tertiary/aromatic N) is 6. The van der Waals surface area contributed by atoms with Gasteiger partial charge in [-0.1, -0.05) is 37.2 Å². The molecule has 2 N–H and O–H groups in total. The van der Waals surface area contributed by atoms with Gasteiger partial charge in [0, 0.05) is 38.9 Å². The molecule has 0 aliphatic rings. The third-order valence-corrected chi connectivity index (χ3v) is 5.32. The molecule has 0 aliphatic heterocycles. The largest absolute Gasteiger partial charge is 0.375 e. The van der Waals surface area contributed by atoms with Crippen LogP contribution in [0.2, 0.25) is 0 Å². The lowest BCUT2D eigenvalue weighted by atomic mass is 10.1. The van der Waals surface area contributed by atoms with Crippen LogP contribution in [0.1, 0.15) is 49.3 Å². The minimum Gasteiger partial charge on any atom is -0.375 e. The molecule has 0 atom stereocenters. The average Bonchev–Trinajstić information content (AvgIpc) is 3.40. The van der Waals surface area contributed by atoms with Crippen LogP contribution in [0, 0.1) is 6.92 Å². The SMILES string of the molecule is Cc1nnc(CN=C(NCCCN(C)c2ccccc2)NCc2cc(C(C)C)no2)n1C.I. The second-order valence-electron chi connectivity index (χ2n) is 8.15. The highest BCUT2D eigenvalue weighted by Crippen LogP contribution is 2.14. The lowest BCUT2D eigenvalue weighted by molar-refractivity contribution is 0.372. The van der Waals surface area contributed by atoms with E-state index in [2.05, 4.69) is 76.0 Å². The molecule has 10 heteroatoms. The van der Waals surface area contributed by atoms with Crippen molar-refractivity contribution in [3.05, 3.63) is 59.5 Å². The number of rotatable bonds is 10. The Hall–Kier alpha value is -2.63. The number of anilines is 1. The Morgan fingerprint density at radius 1 is 1.18 bits per heavy atom. The number of aryl methyl sites for hydroxylation is 1. The van der Waals surface area contributed by atoms with E-state index in [1.807, 2.05) is 30.7 Å². The van der Waals surface area contributed by atoms with Crippen molar-refractivity contribution in [3.63, 3.8) is 0 Å². The quantitative estimate of drug-likeness (QED) is 0.168. The molecule has 2 aromatic heterocycles. The summed E-state index contributed by atoms with van der Waals surface area (Å²) in [4.78, 5) is 6.94. The Balaban J connectivity index is 0.00000385. The van der Waals surface area contributed by atoms with Gasteiger partial charge in [0.25, 0.3) is 0 Å². The average molecular weight is 566 g/mol. The predicted molar refractivity (Wildman–Crippen MR) is 142 cm³/mol. The maximum atomic E-state index is 5.44. The molecule has 33 heavy (non-hydrogen) atoms. The van der Waals surface area contributed by atoms with Gasteiger partial charge >= 0.3 is 0 Å². The summed E-state index contributed by atoms with van der Waals surface area (Å²) in [5, 5.41) is 19.2. The van der Waals surface area contributed by atoms with Gasteiger partial charge in [0.2, 0.25) is 0 Å². The number of nitrogens with one attached hydrogen (secondary N) is 2. The lowest BCUT2D eigenvalue weighted by Crippen LogP contribution is -2.38. The number of para-hydroxylation sites is 1. The number of guanidine groups is 1. The van der Waals surface area contributed by atoms with Crippen LogP contribution in [0.5, 0.6) is 0 Å². The smallest absolute Gasteiger partial charge is 0.192 e. The molecule has 180 valence electrons. The van der Waals surface area contributed by atoms with E-state index in [9.17, 15) is 0 Å². The van der Waals surface area contributed by atoms with Crippen LogP contribution in [-0.4, -0.2) is 46.0 Å². The molecule has 0 bridgehead atoms. The highest BCUT2D eigenvalue weighted by molar-refractivity contribution is 14.0. The molecular formula is C23H35IN8O. The van der Waals surface area contributed by atoms with Crippen molar-refractivity contribution < 1.29 is 4.52 Å². The van der Waals surface area contributed by atoms with Gasteiger partial charge < -0.3 is 24.6 Å². The van der Waals surface area contributed by atoms with Crippen molar-refractivity contribution >= 4 is 35.6 Å². The number of halogens is 1. The van der Waals surface area contributed by atoms with Crippen molar-refractivity contribution in [2.75, 3.05) is 25.0 Å². The summed E-state index contributed by atoms with van der Waals surface area (Å²) in [6, 6.07) is 12.4. The van der Waals surface area contributed by atoms with E-state index < -0.39 is 0 Å². The van der Waals surface area contributed by atoms with Gasteiger partial charge in [0.05, 0.1) is 12.2 Å². The highest BCUT2D eigenvalue weighted by Gasteiger charge is 2.09. The number of aliphatic imine (C=N–C) groups is 1. The van der Waals surface area contributed by atoms with Crippen molar-refractivity contribution in [2.45, 2.75) is 46.2 Å². The zero-order valence-electron chi connectivity index (χ0n) is 20.1. The van der Waals surface area contributed by atoms with Crippen LogP contribution in [0.15, 0.2) is 45.9 Å². The normalized spacial score (nSPS) is 11.4. The van der Waals surface area contributed by atoms with Gasteiger partial charge in [-0.05, 0) is 31.4 Å². The summed E-state index contributed by atoms with van der Waals surface area (Å²) >= 11 is 0. The number of hydrogen-bond donors (Lipinski definition) is 2. The van der Waals surface area contributed by atoms with E-state index in [-0.39, 0.29) is 24.0 Å². The minimum absolute atomic E-state index is 0. The molecule has 0 saturated heterocycles. The first-order valence-corrected chi connectivity index (χ1v) is 11.0. The van der Waals surface area contributed by atoms with Crippen LogP contribution in [0.25, 0.3) is 0 Å². The minimum atomic E-state index is 0. The Morgan fingerprint density at radius 2 is 1.94 bits per heavy atom. The number of benzene rings is 1. The van der Waals surface area contributed by atoms with Gasteiger partial charge in [-0.2, -0.15) is 0 Å². The molecule has 1 aromatic carbocycles. The van der Waals surface area contributed by atoms with E-state index in [1.54, 1.807) is 0 Å². The van der Waals surface area contributed by atoms with E-state index in [4.69, 9.17) is 9.52 Å². The fourth-order valence-corrected chi connectivity index (χ4v) is 3.10. The standard InChI is InChI=1S/C23H34N8O.HI/c1-17(2)21-14-20(32-29-21)15-25-23(26-16-22-28-27-18(3)31(22)5)24-12-9-13-30(4)19-10-7-6-8-11-19;/h6-8,10-11,14,17H,9,12-13,15-16H2,1-5H3,(H2,24,25,26);1H. The molecule has 0 saturated carbocycles. The summed E-state index contributed by atoms with van der Waals surface area (Å²) in [6.07, 6.45) is 0.967. The topological polar surface area (TPSA) is 96.4 Å². The van der Waals surface area contributed by atoms with Gasteiger partial charge in [-0.3, -0.25) is 0 Å². The number of aromatic nitrogens is 4. The van der Waals surface area contributed by atoms with Crippen LogP contribution < -0.4 is 15.5 Å². The van der Waals surface area contributed by atoms with Crippen molar-refractivity contribution in [3.8, 4) is 0 Å². The highest BCUT2D eigenvalue weighted by atomic mass is 127. The summed E-state index contributed by atoms with van der Waals surface area (Å²) < 4.78 is 7.39. The van der Waals surface area contributed by atoms with Crippen LogP contribution in [0.3, 0.4) is 0 Å². The maximum Gasteiger partial charge on any atom is 0.192 e. The Bertz CT molecular complexity index is 999. The molecule has 9 nitrogen and oxygen atoms in total. The van der Waals surface area contributed by atoms with Crippen molar-refractivity contribution in [1.29, 1.82) is 0 Å². The predicted octanol–water partition coefficient (Wildman–Crippen LogP) is 3.61. The summed E-state index contributed by atoms with van der Waals surface area (Å²) in [6.45, 7) is 8.79. The number of hydrogen-bond acceptors (Lipinski definition) is 6. The first-order valence-electron chi connectivity index (χ1n) is 11.0. The van der Waals surface area contributed by atoms with Crippen molar-refractivity contribution in [1.82, 2.24) is 30.6 Å². The van der Waals surface area contributed by atoms with Gasteiger partial charge in [0.1, 0.15) is 12.4 Å². The molecule has 3 aromatic rings. The Labute approximate surface area is 213 Å². The lowest BCUT2D eigenvalue weighted by Gasteiger charge is -2.19. The van der Waals surface area contributed by atoms with E-state index in [1.165, 1.54) is 5.69 Å². The van der Waals surface area contributed by atoms with E-state index in [0.29, 0.717) is 25.0 Å². The van der Waals surface area contributed by atoms with E-state index >= 15 is 0 Å². The fourth-order valence-electron chi connectivity index (χ4n) is 3.10. The summed E-state index contributed by atoms with van der Waals surface area (Å²) in [5.41, 5.74) is 2.16. The van der Waals surface area contributed by atoms with Crippen LogP contribution >= 0.6 is 24.0 Å². The molecule has 0 amide bonds. The molecule has 0 aliphatic carbocycles. The second-order valence-corrected chi connectivity index (χ2v) is 8.15. The molecule has 0 unspecified atom stereocenters. The first kappa shape index (κ1) is 26.6. The molecule has 3 rings (SSSR count). The Kier molecular flexibility index (Phi) is 10.6. The molecule has 0 radical (unpaired) electrons. The molecular weight excluding hydrogens is 531 g/mol. The van der Waals surface area contributed by atoms with Gasteiger partial charge in [0.15, 0.2) is 17.5 Å². The van der Waals surface area contributed by atoms with Crippen LogP contribution in [0.4, 0.5) is 5.69 Å². The zero-order valence-corrected chi connectivity index (χ0v) is 22.4. The molecule has 0 fully saturated rings. The van der Waals surface area contributed by atoms with Crippen LogP contribution in [-0.2, 0) is 20.1 Å². The zero-order chi connectivity index (χ0) is 22.9. The maximum absolute atomic E-state index is 5.44.